The number of aromatic nitrogens is 3. The lowest BCUT2D eigenvalue weighted by molar-refractivity contribution is -0.00249. The number of nitrogens with zero attached hydrogens (tertiary/aromatic N) is 3. The predicted octanol–water partition coefficient (Wildman–Crippen LogP) is 1.35. The molecule has 2 rings (SSSR count). The van der Waals surface area contributed by atoms with Gasteiger partial charge in [0.25, 0.3) is 0 Å². The molecule has 1 heterocycles. The lowest BCUT2D eigenvalue weighted by Gasteiger charge is -2.25. The zero-order chi connectivity index (χ0) is 11.9. The van der Waals surface area contributed by atoms with E-state index in [0.29, 0.717) is 6.10 Å². The van der Waals surface area contributed by atoms with Crippen LogP contribution < -0.4 is 5.32 Å². The average Bonchev–Trinajstić information content (AvgIpc) is 2.70. The average molecular weight is 238 g/mol. The molecule has 17 heavy (non-hydrogen) atoms. The Kier molecular flexibility index (Phi) is 4.94. The lowest BCUT2D eigenvalue weighted by Crippen LogP contribution is -2.23. The molecule has 0 aromatic carbocycles. The fourth-order valence-electron chi connectivity index (χ4n) is 1.77. The van der Waals surface area contributed by atoms with E-state index in [-0.39, 0.29) is 0 Å². The Morgan fingerprint density at radius 1 is 1.53 bits per heavy atom. The van der Waals surface area contributed by atoms with E-state index in [1.807, 2.05) is 10.9 Å². The molecule has 1 fully saturated rings. The van der Waals surface area contributed by atoms with Gasteiger partial charge in [-0.25, -0.2) is 4.68 Å². The van der Waals surface area contributed by atoms with E-state index in [2.05, 4.69) is 22.6 Å². The van der Waals surface area contributed by atoms with Gasteiger partial charge >= 0.3 is 0 Å². The van der Waals surface area contributed by atoms with Gasteiger partial charge in [0, 0.05) is 12.7 Å². The highest BCUT2D eigenvalue weighted by molar-refractivity contribution is 4.91. The molecule has 96 valence electrons. The smallest absolute Gasteiger partial charge is 0.0964 e. The Bertz CT molecular complexity index is 322. The summed E-state index contributed by atoms with van der Waals surface area (Å²) in [6.45, 7) is 5.53. The van der Waals surface area contributed by atoms with Gasteiger partial charge in [0.05, 0.1) is 24.9 Å². The van der Waals surface area contributed by atoms with Gasteiger partial charge in [0.2, 0.25) is 0 Å². The van der Waals surface area contributed by atoms with Crippen LogP contribution in [0.1, 0.15) is 38.3 Å². The molecule has 5 heteroatoms. The molecule has 1 aliphatic rings. The van der Waals surface area contributed by atoms with E-state index in [1.165, 1.54) is 19.3 Å². The first-order chi connectivity index (χ1) is 8.38. The molecule has 1 aromatic heterocycles. The minimum absolute atomic E-state index is 0.504. The van der Waals surface area contributed by atoms with Gasteiger partial charge in [0.15, 0.2) is 0 Å². The van der Waals surface area contributed by atoms with Gasteiger partial charge < -0.3 is 10.1 Å². The first-order valence-electron chi connectivity index (χ1n) is 6.60. The van der Waals surface area contributed by atoms with Crippen LogP contribution in [0.3, 0.4) is 0 Å². The summed E-state index contributed by atoms with van der Waals surface area (Å²) in [4.78, 5) is 0. The number of rotatable bonds is 8. The van der Waals surface area contributed by atoms with Crippen LogP contribution in [0, 0.1) is 0 Å². The second kappa shape index (κ2) is 6.71. The molecular weight excluding hydrogens is 216 g/mol. The van der Waals surface area contributed by atoms with Gasteiger partial charge in [-0.2, -0.15) is 0 Å². The molecule has 0 radical (unpaired) electrons. The fourth-order valence-corrected chi connectivity index (χ4v) is 1.77. The molecule has 5 nitrogen and oxygen atoms in total. The van der Waals surface area contributed by atoms with Crippen molar-refractivity contribution >= 4 is 0 Å². The molecule has 0 aliphatic heterocycles. The molecule has 0 bridgehead atoms. The maximum absolute atomic E-state index is 5.69. The molecular formula is C12H22N4O. The van der Waals surface area contributed by atoms with E-state index >= 15 is 0 Å². The van der Waals surface area contributed by atoms with E-state index in [0.717, 1.165) is 38.4 Å². The molecule has 0 spiro atoms. The van der Waals surface area contributed by atoms with Crippen LogP contribution in [0.2, 0.25) is 0 Å². The maximum Gasteiger partial charge on any atom is 0.0964 e. The Morgan fingerprint density at radius 3 is 3.12 bits per heavy atom. The van der Waals surface area contributed by atoms with Crippen LogP contribution in [0.4, 0.5) is 0 Å². The van der Waals surface area contributed by atoms with Crippen molar-refractivity contribution in [2.45, 2.75) is 51.8 Å². The largest absolute Gasteiger partial charge is 0.376 e. The third kappa shape index (κ3) is 4.09. The standard InChI is InChI=1S/C12H22N4O/c1-2-6-13-9-11-10-16(15-14-11)7-8-17-12-4-3-5-12/h10,12-13H,2-9H2,1H3. The number of ether oxygens (including phenoxy) is 1. The highest BCUT2D eigenvalue weighted by atomic mass is 16.5. The zero-order valence-corrected chi connectivity index (χ0v) is 10.6. The maximum atomic E-state index is 5.69. The molecule has 1 saturated carbocycles. The second-order valence-corrected chi connectivity index (χ2v) is 4.57. The van der Waals surface area contributed by atoms with E-state index in [4.69, 9.17) is 4.74 Å². The normalized spacial score (nSPS) is 16.1. The monoisotopic (exact) mass is 238 g/mol. The van der Waals surface area contributed by atoms with Crippen molar-refractivity contribution in [1.29, 1.82) is 0 Å². The third-order valence-electron chi connectivity index (χ3n) is 3.05. The Hall–Kier alpha value is -0.940. The molecule has 1 N–H and O–H groups in total. The molecule has 0 atom stereocenters. The van der Waals surface area contributed by atoms with Crippen LogP contribution >= 0.6 is 0 Å². The first kappa shape index (κ1) is 12.5. The topological polar surface area (TPSA) is 52.0 Å². The summed E-state index contributed by atoms with van der Waals surface area (Å²) in [7, 11) is 0. The van der Waals surface area contributed by atoms with E-state index < -0.39 is 0 Å². The van der Waals surface area contributed by atoms with E-state index in [1.54, 1.807) is 0 Å². The Balaban J connectivity index is 1.62. The third-order valence-corrected chi connectivity index (χ3v) is 3.05. The second-order valence-electron chi connectivity index (χ2n) is 4.57. The van der Waals surface area contributed by atoms with E-state index in [9.17, 15) is 0 Å². The van der Waals surface area contributed by atoms with Gasteiger partial charge in [-0.1, -0.05) is 12.1 Å². The van der Waals surface area contributed by atoms with Gasteiger partial charge in [-0.05, 0) is 32.2 Å². The van der Waals surface area contributed by atoms with Crippen LogP contribution in [0.5, 0.6) is 0 Å². The molecule has 0 amide bonds. The molecule has 0 unspecified atom stereocenters. The first-order valence-corrected chi connectivity index (χ1v) is 6.60. The summed E-state index contributed by atoms with van der Waals surface area (Å²) in [6.07, 6.45) is 7.41. The van der Waals surface area contributed by atoms with Crippen molar-refractivity contribution in [1.82, 2.24) is 20.3 Å². The van der Waals surface area contributed by atoms with Crippen molar-refractivity contribution in [3.63, 3.8) is 0 Å². The molecule has 1 aliphatic carbocycles. The minimum atomic E-state index is 0.504. The summed E-state index contributed by atoms with van der Waals surface area (Å²) in [5.41, 5.74) is 1.00. The van der Waals surface area contributed by atoms with Crippen LogP contribution in [-0.2, 0) is 17.8 Å². The van der Waals surface area contributed by atoms with Crippen LogP contribution in [-0.4, -0.2) is 34.2 Å². The Labute approximate surface area is 103 Å². The summed E-state index contributed by atoms with van der Waals surface area (Å²) >= 11 is 0. The van der Waals surface area contributed by atoms with Gasteiger partial charge in [-0.3, -0.25) is 0 Å². The van der Waals surface area contributed by atoms with Crippen molar-refractivity contribution in [3.05, 3.63) is 11.9 Å². The highest BCUT2D eigenvalue weighted by Gasteiger charge is 2.17. The highest BCUT2D eigenvalue weighted by Crippen LogP contribution is 2.21. The fraction of sp³-hybridized carbons (Fsp3) is 0.833. The van der Waals surface area contributed by atoms with Gasteiger partial charge in [0.1, 0.15) is 0 Å². The SMILES string of the molecule is CCCNCc1cn(CCOC2CCC2)nn1. The van der Waals surface area contributed by atoms with Crippen molar-refractivity contribution in [3.8, 4) is 0 Å². The summed E-state index contributed by atoms with van der Waals surface area (Å²) in [5.74, 6) is 0. The summed E-state index contributed by atoms with van der Waals surface area (Å²) < 4.78 is 7.55. The van der Waals surface area contributed by atoms with Crippen molar-refractivity contribution in [2.24, 2.45) is 0 Å². The lowest BCUT2D eigenvalue weighted by atomic mass is 9.96. The van der Waals surface area contributed by atoms with Crippen molar-refractivity contribution in [2.75, 3.05) is 13.2 Å². The number of hydrogen-bond donors (Lipinski definition) is 1. The van der Waals surface area contributed by atoms with Crippen LogP contribution in [0.25, 0.3) is 0 Å². The van der Waals surface area contributed by atoms with Gasteiger partial charge in [-0.15, -0.1) is 5.10 Å². The van der Waals surface area contributed by atoms with Crippen LogP contribution in [0.15, 0.2) is 6.20 Å². The summed E-state index contributed by atoms with van der Waals surface area (Å²) in [5, 5.41) is 11.5. The van der Waals surface area contributed by atoms with Crippen molar-refractivity contribution < 1.29 is 4.74 Å². The predicted molar refractivity (Wildman–Crippen MR) is 65.6 cm³/mol. The molecule has 1 aromatic rings. The number of hydrogen-bond acceptors (Lipinski definition) is 4. The summed E-state index contributed by atoms with van der Waals surface area (Å²) in [6, 6.07) is 0. The minimum Gasteiger partial charge on any atom is -0.376 e. The number of nitrogens with one attached hydrogen (secondary N) is 1. The zero-order valence-electron chi connectivity index (χ0n) is 10.6. The Morgan fingerprint density at radius 2 is 2.41 bits per heavy atom. The molecule has 0 saturated heterocycles. The quantitative estimate of drug-likeness (QED) is 0.695.